The first-order chi connectivity index (χ1) is 8.40. The fraction of sp³-hybridized carbons (Fsp3) is 0.727. The maximum atomic E-state index is 11.3. The zero-order chi connectivity index (χ0) is 14.2. The van der Waals surface area contributed by atoms with Gasteiger partial charge in [0.15, 0.2) is 0 Å². The highest BCUT2D eigenvalue weighted by atomic mass is 28.4. The van der Waals surface area contributed by atoms with Gasteiger partial charge in [-0.2, -0.15) is 0 Å². The Morgan fingerprint density at radius 3 is 2.11 bits per heavy atom. The van der Waals surface area contributed by atoms with Crippen molar-refractivity contribution in [3.8, 4) is 0 Å². The number of rotatable bonds is 9. The molecule has 0 fully saturated rings. The van der Waals surface area contributed by atoms with Crippen LogP contribution in [-0.2, 0) is 22.8 Å². The van der Waals surface area contributed by atoms with Crippen molar-refractivity contribution < 1.29 is 22.8 Å². The Balaban J connectivity index is 4.62. The quantitative estimate of drug-likeness (QED) is 0.386. The molecule has 106 valence electrons. The normalized spacial score (nSPS) is 14.9. The Labute approximate surface area is 110 Å². The van der Waals surface area contributed by atoms with Gasteiger partial charge in [-0.05, 0) is 19.4 Å². The summed E-state index contributed by atoms with van der Waals surface area (Å²) in [5, 5.41) is 2.71. The number of amides is 1. The largest absolute Gasteiger partial charge is 0.500 e. The maximum absolute atomic E-state index is 11.3. The second-order valence-corrected chi connectivity index (χ2v) is 7.01. The molecule has 0 saturated heterocycles. The van der Waals surface area contributed by atoms with Gasteiger partial charge in [0.05, 0.1) is 0 Å². The first-order valence-corrected chi connectivity index (χ1v) is 7.49. The van der Waals surface area contributed by atoms with Crippen LogP contribution in [0.25, 0.3) is 0 Å². The lowest BCUT2D eigenvalue weighted by molar-refractivity contribution is -0.125. The van der Waals surface area contributed by atoms with E-state index in [0.29, 0.717) is 12.5 Å². The molecule has 6 nitrogen and oxygen atoms in total. The minimum Gasteiger partial charge on any atom is -0.377 e. The molecule has 1 unspecified atom stereocenters. The number of methoxy groups -OCH3 is 1. The Hall–Kier alpha value is -0.733. The predicted molar refractivity (Wildman–Crippen MR) is 70.0 cm³/mol. The Morgan fingerprint density at radius 2 is 1.78 bits per heavy atom. The van der Waals surface area contributed by atoms with Crippen LogP contribution in [0.2, 0.25) is 6.04 Å². The lowest BCUT2D eigenvalue weighted by atomic mass is 10.2. The molecule has 1 N–H and O–H groups in total. The smallest absolute Gasteiger partial charge is 0.377 e. The van der Waals surface area contributed by atoms with Crippen molar-refractivity contribution in [1.29, 1.82) is 0 Å². The summed E-state index contributed by atoms with van der Waals surface area (Å²) in [5.74, 6) is -0.293. The second kappa shape index (κ2) is 7.65. The highest BCUT2D eigenvalue weighted by molar-refractivity contribution is 6.60. The van der Waals surface area contributed by atoms with Gasteiger partial charge in [-0.25, -0.2) is 0 Å². The highest BCUT2D eigenvalue weighted by Gasteiger charge is 2.40. The first-order valence-electron chi connectivity index (χ1n) is 5.56. The van der Waals surface area contributed by atoms with Crippen LogP contribution in [-0.4, -0.2) is 48.9 Å². The molecule has 0 heterocycles. The summed E-state index contributed by atoms with van der Waals surface area (Å²) in [6.45, 7) is 5.18. The third-order valence-electron chi connectivity index (χ3n) is 2.86. The summed E-state index contributed by atoms with van der Waals surface area (Å²) >= 11 is 0. The van der Waals surface area contributed by atoms with E-state index in [0.717, 1.165) is 0 Å². The molecule has 0 aromatic carbocycles. The fourth-order valence-corrected chi connectivity index (χ4v) is 3.37. The van der Waals surface area contributed by atoms with E-state index < -0.39 is 14.5 Å². The average Bonchev–Trinajstić information content (AvgIpc) is 2.41. The molecule has 7 heteroatoms. The predicted octanol–water partition coefficient (Wildman–Crippen LogP) is 0.919. The van der Waals surface area contributed by atoms with Gasteiger partial charge in [-0.1, -0.05) is 6.58 Å². The zero-order valence-electron chi connectivity index (χ0n) is 11.7. The molecule has 0 spiro atoms. The number of carbonyl (C=O) groups is 1. The van der Waals surface area contributed by atoms with Gasteiger partial charge in [0.25, 0.3) is 0 Å². The SMILES string of the molecule is C=CC(=O)NC(C)(CC[Si](OC)(OC)OC)OC. The van der Waals surface area contributed by atoms with Crippen molar-refractivity contribution in [3.05, 3.63) is 12.7 Å². The molecule has 0 aromatic rings. The van der Waals surface area contributed by atoms with E-state index in [2.05, 4.69) is 11.9 Å². The van der Waals surface area contributed by atoms with Gasteiger partial charge in [0.1, 0.15) is 5.72 Å². The Kier molecular flexibility index (Phi) is 7.34. The van der Waals surface area contributed by atoms with Crippen molar-refractivity contribution in [1.82, 2.24) is 5.32 Å². The van der Waals surface area contributed by atoms with E-state index in [1.807, 2.05) is 0 Å². The highest BCUT2D eigenvalue weighted by Crippen LogP contribution is 2.22. The van der Waals surface area contributed by atoms with E-state index in [-0.39, 0.29) is 5.91 Å². The number of carbonyl (C=O) groups excluding carboxylic acids is 1. The van der Waals surface area contributed by atoms with Gasteiger partial charge in [0.2, 0.25) is 5.91 Å². The van der Waals surface area contributed by atoms with Crippen LogP contribution in [0.1, 0.15) is 13.3 Å². The van der Waals surface area contributed by atoms with Gasteiger partial charge < -0.3 is 23.3 Å². The first kappa shape index (κ1) is 17.3. The van der Waals surface area contributed by atoms with Gasteiger partial charge in [-0.15, -0.1) is 0 Å². The van der Waals surface area contributed by atoms with Crippen molar-refractivity contribution in [2.24, 2.45) is 0 Å². The molecule has 0 saturated carbocycles. The average molecular weight is 277 g/mol. The van der Waals surface area contributed by atoms with Crippen LogP contribution < -0.4 is 5.32 Å². The zero-order valence-corrected chi connectivity index (χ0v) is 12.7. The monoisotopic (exact) mass is 277 g/mol. The lowest BCUT2D eigenvalue weighted by Crippen LogP contribution is -2.50. The molecular formula is C11H23NO5Si. The fourth-order valence-electron chi connectivity index (χ4n) is 1.48. The summed E-state index contributed by atoms with van der Waals surface area (Å²) in [7, 11) is 3.51. The van der Waals surface area contributed by atoms with Crippen LogP contribution >= 0.6 is 0 Å². The van der Waals surface area contributed by atoms with Crippen LogP contribution in [0.15, 0.2) is 12.7 Å². The van der Waals surface area contributed by atoms with Crippen LogP contribution in [0.5, 0.6) is 0 Å². The van der Waals surface area contributed by atoms with Gasteiger partial charge in [0, 0.05) is 34.5 Å². The molecule has 0 rings (SSSR count). The topological polar surface area (TPSA) is 66.0 Å². The van der Waals surface area contributed by atoms with Crippen molar-refractivity contribution in [3.63, 3.8) is 0 Å². The van der Waals surface area contributed by atoms with E-state index >= 15 is 0 Å². The molecular weight excluding hydrogens is 254 g/mol. The van der Waals surface area contributed by atoms with Crippen molar-refractivity contribution in [2.45, 2.75) is 25.1 Å². The van der Waals surface area contributed by atoms with E-state index in [1.54, 1.807) is 28.3 Å². The Morgan fingerprint density at radius 1 is 1.28 bits per heavy atom. The molecule has 0 aromatic heterocycles. The molecule has 0 bridgehead atoms. The van der Waals surface area contributed by atoms with Crippen molar-refractivity contribution >= 4 is 14.7 Å². The molecule has 0 aliphatic heterocycles. The summed E-state index contributed by atoms with van der Waals surface area (Å²) < 4.78 is 21.3. The van der Waals surface area contributed by atoms with E-state index in [9.17, 15) is 4.79 Å². The van der Waals surface area contributed by atoms with Gasteiger partial charge in [-0.3, -0.25) is 4.79 Å². The third-order valence-corrected chi connectivity index (χ3v) is 5.59. The number of ether oxygens (including phenoxy) is 1. The molecule has 1 amide bonds. The van der Waals surface area contributed by atoms with E-state index in [4.69, 9.17) is 18.0 Å². The van der Waals surface area contributed by atoms with Crippen LogP contribution in [0.4, 0.5) is 0 Å². The maximum Gasteiger partial charge on any atom is 0.500 e. The number of hydrogen-bond donors (Lipinski definition) is 1. The number of nitrogens with one attached hydrogen (secondary N) is 1. The summed E-state index contributed by atoms with van der Waals surface area (Å²) in [5.41, 5.74) is -0.806. The third kappa shape index (κ3) is 4.87. The molecule has 18 heavy (non-hydrogen) atoms. The molecule has 1 atom stereocenters. The minimum atomic E-state index is -2.66. The summed E-state index contributed by atoms with van der Waals surface area (Å²) in [6, 6.07) is 0.526. The molecule has 0 aliphatic carbocycles. The minimum absolute atomic E-state index is 0.293. The molecule has 0 aliphatic rings. The Bertz CT molecular complexity index is 274. The van der Waals surface area contributed by atoms with Crippen molar-refractivity contribution in [2.75, 3.05) is 28.4 Å². The van der Waals surface area contributed by atoms with Gasteiger partial charge >= 0.3 is 8.80 Å². The summed E-state index contributed by atoms with van der Waals surface area (Å²) in [4.78, 5) is 11.3. The summed E-state index contributed by atoms with van der Waals surface area (Å²) in [6.07, 6.45) is 1.70. The second-order valence-electron chi connectivity index (χ2n) is 3.92. The number of hydrogen-bond acceptors (Lipinski definition) is 5. The molecule has 0 radical (unpaired) electrons. The standard InChI is InChI=1S/C11H23NO5Si/c1-7-10(13)12-11(2,14-3)8-9-18(15-4,16-5)17-6/h7H,1,8-9H2,2-6H3,(H,12,13). The van der Waals surface area contributed by atoms with Crippen LogP contribution in [0, 0.1) is 0 Å². The van der Waals surface area contributed by atoms with Crippen LogP contribution in [0.3, 0.4) is 0 Å². The lowest BCUT2D eigenvalue weighted by Gasteiger charge is -2.32. The van der Waals surface area contributed by atoms with E-state index in [1.165, 1.54) is 13.2 Å².